The number of carbonyl (C=O) groups excluding carboxylic acids is 1. The molecule has 1 unspecified atom stereocenters. The fraction of sp³-hybridized carbons (Fsp3) is 0.385. The smallest absolute Gasteiger partial charge is 0.314 e. The van der Waals surface area contributed by atoms with Crippen molar-refractivity contribution in [2.24, 2.45) is 11.8 Å². The molecule has 0 fully saturated rings. The summed E-state index contributed by atoms with van der Waals surface area (Å²) in [7, 11) is 1.34. The average Bonchev–Trinajstić information content (AvgIpc) is 2.27. The predicted molar refractivity (Wildman–Crippen MR) is 63.2 cm³/mol. The van der Waals surface area contributed by atoms with E-state index in [-0.39, 0.29) is 17.2 Å². The van der Waals surface area contributed by atoms with Crippen LogP contribution in [0.15, 0.2) is 18.2 Å². The highest BCUT2D eigenvalue weighted by Gasteiger charge is 2.32. The molecule has 18 heavy (non-hydrogen) atoms. The number of Topliss-reactive ketones (excluding diaryl/α,β-unsaturated/α-hetero) is 1. The maximum absolute atomic E-state index is 13.2. The number of aliphatic carboxylic acids is 1. The third-order valence-corrected chi connectivity index (χ3v) is 2.64. The number of carboxylic acids is 1. The van der Waals surface area contributed by atoms with Crippen molar-refractivity contribution in [3.63, 3.8) is 0 Å². The van der Waals surface area contributed by atoms with Crippen LogP contribution >= 0.6 is 0 Å². The van der Waals surface area contributed by atoms with Gasteiger partial charge in [0.1, 0.15) is 17.5 Å². The molecule has 1 aromatic carbocycles. The van der Waals surface area contributed by atoms with Crippen molar-refractivity contribution >= 4 is 11.8 Å². The summed E-state index contributed by atoms with van der Waals surface area (Å²) in [4.78, 5) is 23.2. The van der Waals surface area contributed by atoms with Crippen LogP contribution in [0.5, 0.6) is 5.75 Å². The van der Waals surface area contributed by atoms with Gasteiger partial charge in [-0.05, 0) is 24.1 Å². The van der Waals surface area contributed by atoms with Gasteiger partial charge in [-0.1, -0.05) is 13.8 Å². The molecule has 0 heterocycles. The molecule has 4 nitrogen and oxygen atoms in total. The van der Waals surface area contributed by atoms with Gasteiger partial charge in [0.25, 0.3) is 0 Å². The molecule has 1 aromatic rings. The largest absolute Gasteiger partial charge is 0.496 e. The first-order valence-electron chi connectivity index (χ1n) is 5.49. The van der Waals surface area contributed by atoms with E-state index in [1.165, 1.54) is 13.2 Å². The maximum atomic E-state index is 13.2. The number of rotatable bonds is 5. The van der Waals surface area contributed by atoms with Crippen molar-refractivity contribution in [3.8, 4) is 5.75 Å². The monoisotopic (exact) mass is 254 g/mol. The lowest BCUT2D eigenvalue weighted by molar-refractivity contribution is -0.141. The summed E-state index contributed by atoms with van der Waals surface area (Å²) in [6.45, 7) is 3.25. The molecule has 1 N–H and O–H groups in total. The Morgan fingerprint density at radius 2 is 1.94 bits per heavy atom. The molecule has 0 bridgehead atoms. The molecule has 0 amide bonds. The highest BCUT2D eigenvalue weighted by molar-refractivity contribution is 6.09. The van der Waals surface area contributed by atoms with Gasteiger partial charge in [-0.2, -0.15) is 0 Å². The predicted octanol–water partition coefficient (Wildman–Crippen LogP) is 2.37. The van der Waals surface area contributed by atoms with Crippen LogP contribution in [0.3, 0.4) is 0 Å². The van der Waals surface area contributed by atoms with Gasteiger partial charge < -0.3 is 9.84 Å². The zero-order chi connectivity index (χ0) is 13.9. The quantitative estimate of drug-likeness (QED) is 0.647. The number of ether oxygens (including phenoxy) is 1. The Kier molecular flexibility index (Phi) is 4.42. The molecule has 5 heteroatoms. The van der Waals surface area contributed by atoms with Gasteiger partial charge in [-0.3, -0.25) is 9.59 Å². The number of carbonyl (C=O) groups is 2. The summed E-state index contributed by atoms with van der Waals surface area (Å²) in [5.41, 5.74) is -0.0430. The minimum absolute atomic E-state index is 0.0430. The number of hydrogen-bond donors (Lipinski definition) is 1. The molecule has 98 valence electrons. The molecule has 0 aromatic heterocycles. The Labute approximate surface area is 104 Å². The number of ketones is 1. The molecule has 0 aliphatic rings. The zero-order valence-electron chi connectivity index (χ0n) is 10.4. The fourth-order valence-electron chi connectivity index (χ4n) is 1.74. The zero-order valence-corrected chi connectivity index (χ0v) is 10.4. The standard InChI is InChI=1S/C13H15FO4/c1-7(2)11(13(16)17)12(15)9-6-8(14)4-5-10(9)18-3/h4-7,11H,1-3H3,(H,16,17). The van der Waals surface area contributed by atoms with Crippen molar-refractivity contribution in [2.45, 2.75) is 13.8 Å². The van der Waals surface area contributed by atoms with Crippen LogP contribution in [0, 0.1) is 17.7 Å². The molecule has 0 aliphatic carbocycles. The average molecular weight is 254 g/mol. The lowest BCUT2D eigenvalue weighted by Crippen LogP contribution is -2.29. The van der Waals surface area contributed by atoms with Gasteiger partial charge in [0.15, 0.2) is 5.78 Å². The van der Waals surface area contributed by atoms with Crippen molar-refractivity contribution in [1.29, 1.82) is 0 Å². The number of halogens is 1. The lowest BCUT2D eigenvalue weighted by atomic mass is 9.87. The van der Waals surface area contributed by atoms with Crippen LogP contribution in [0.2, 0.25) is 0 Å². The SMILES string of the molecule is COc1ccc(F)cc1C(=O)C(C(=O)O)C(C)C. The first-order chi connectivity index (χ1) is 8.38. The highest BCUT2D eigenvalue weighted by Crippen LogP contribution is 2.25. The third-order valence-electron chi connectivity index (χ3n) is 2.64. The van der Waals surface area contributed by atoms with Gasteiger partial charge in [-0.25, -0.2) is 4.39 Å². The van der Waals surface area contributed by atoms with E-state index in [0.29, 0.717) is 0 Å². The number of benzene rings is 1. The Hall–Kier alpha value is -1.91. The molecule has 1 atom stereocenters. The topological polar surface area (TPSA) is 63.6 Å². The van der Waals surface area contributed by atoms with Gasteiger partial charge in [0.2, 0.25) is 0 Å². The summed E-state index contributed by atoms with van der Waals surface area (Å²) in [6.07, 6.45) is 0. The van der Waals surface area contributed by atoms with E-state index in [0.717, 1.165) is 12.1 Å². The Morgan fingerprint density at radius 3 is 2.39 bits per heavy atom. The van der Waals surface area contributed by atoms with E-state index in [4.69, 9.17) is 9.84 Å². The van der Waals surface area contributed by atoms with Crippen LogP contribution in [0.1, 0.15) is 24.2 Å². The number of carboxylic acid groups (broad SMARTS) is 1. The molecule has 0 saturated carbocycles. The maximum Gasteiger partial charge on any atom is 0.314 e. The third kappa shape index (κ3) is 2.85. The molecule has 0 radical (unpaired) electrons. The molecular weight excluding hydrogens is 239 g/mol. The van der Waals surface area contributed by atoms with Crippen LogP contribution < -0.4 is 4.74 Å². The minimum Gasteiger partial charge on any atom is -0.496 e. The van der Waals surface area contributed by atoms with Crippen molar-refractivity contribution in [2.75, 3.05) is 7.11 Å². The van der Waals surface area contributed by atoms with Crippen LogP contribution in [0.4, 0.5) is 4.39 Å². The molecule has 1 rings (SSSR count). The lowest BCUT2D eigenvalue weighted by Gasteiger charge is -2.16. The first-order valence-corrected chi connectivity index (χ1v) is 5.49. The highest BCUT2D eigenvalue weighted by atomic mass is 19.1. The normalized spacial score (nSPS) is 12.3. The first kappa shape index (κ1) is 14.2. The van der Waals surface area contributed by atoms with E-state index in [1.54, 1.807) is 13.8 Å². The second kappa shape index (κ2) is 5.62. The van der Waals surface area contributed by atoms with Crippen LogP contribution in [-0.2, 0) is 4.79 Å². The van der Waals surface area contributed by atoms with Gasteiger partial charge in [0, 0.05) is 0 Å². The van der Waals surface area contributed by atoms with Crippen molar-refractivity contribution in [1.82, 2.24) is 0 Å². The van der Waals surface area contributed by atoms with Crippen molar-refractivity contribution in [3.05, 3.63) is 29.6 Å². The number of hydrogen-bond acceptors (Lipinski definition) is 3. The van der Waals surface area contributed by atoms with Gasteiger partial charge >= 0.3 is 5.97 Å². The van der Waals surface area contributed by atoms with Gasteiger partial charge in [0.05, 0.1) is 12.7 Å². The summed E-state index contributed by atoms with van der Waals surface area (Å²) in [6, 6.07) is 3.46. The summed E-state index contributed by atoms with van der Waals surface area (Å²) >= 11 is 0. The van der Waals surface area contributed by atoms with E-state index in [1.807, 2.05) is 0 Å². The minimum atomic E-state index is -1.22. The molecule has 0 aliphatic heterocycles. The summed E-state index contributed by atoms with van der Waals surface area (Å²) < 4.78 is 18.1. The fourth-order valence-corrected chi connectivity index (χ4v) is 1.74. The van der Waals surface area contributed by atoms with Crippen LogP contribution in [-0.4, -0.2) is 24.0 Å². The Bertz CT molecular complexity index is 468. The van der Waals surface area contributed by atoms with E-state index in [9.17, 15) is 14.0 Å². The molecule has 0 saturated heterocycles. The Morgan fingerprint density at radius 1 is 1.33 bits per heavy atom. The van der Waals surface area contributed by atoms with E-state index >= 15 is 0 Å². The second-order valence-electron chi connectivity index (χ2n) is 4.27. The van der Waals surface area contributed by atoms with E-state index < -0.39 is 23.5 Å². The summed E-state index contributed by atoms with van der Waals surface area (Å²) in [5, 5.41) is 9.05. The van der Waals surface area contributed by atoms with Crippen molar-refractivity contribution < 1.29 is 23.8 Å². The van der Waals surface area contributed by atoms with Crippen LogP contribution in [0.25, 0.3) is 0 Å². The molecule has 0 spiro atoms. The second-order valence-corrected chi connectivity index (χ2v) is 4.27. The number of methoxy groups -OCH3 is 1. The molecular formula is C13H15FO4. The van der Waals surface area contributed by atoms with Gasteiger partial charge in [-0.15, -0.1) is 0 Å². The van der Waals surface area contributed by atoms with E-state index in [2.05, 4.69) is 0 Å². The Balaban J connectivity index is 3.23. The summed E-state index contributed by atoms with van der Waals surface area (Å²) in [5.74, 6) is -3.89.